The zero-order valence-corrected chi connectivity index (χ0v) is 12.9. The largest absolute Gasteiger partial charge is 0.329 e. The maximum absolute atomic E-state index is 6.12. The van der Waals surface area contributed by atoms with Gasteiger partial charge in [-0.3, -0.25) is 4.90 Å². The van der Waals surface area contributed by atoms with Crippen molar-refractivity contribution in [2.24, 2.45) is 11.7 Å². The van der Waals surface area contributed by atoms with E-state index in [-0.39, 0.29) is 5.54 Å². The van der Waals surface area contributed by atoms with Crippen molar-refractivity contribution in [2.45, 2.75) is 51.5 Å². The fourth-order valence-corrected chi connectivity index (χ4v) is 2.90. The van der Waals surface area contributed by atoms with Crippen LogP contribution in [0.15, 0.2) is 0 Å². The van der Waals surface area contributed by atoms with Crippen molar-refractivity contribution in [2.75, 3.05) is 40.3 Å². The summed E-state index contributed by atoms with van der Waals surface area (Å²) in [6.45, 7) is 8.87. The highest BCUT2D eigenvalue weighted by atomic mass is 15.2. The molecule has 0 amide bonds. The highest BCUT2D eigenvalue weighted by Crippen LogP contribution is 2.35. The van der Waals surface area contributed by atoms with Gasteiger partial charge in [0.05, 0.1) is 0 Å². The second kappa shape index (κ2) is 7.46. The first kappa shape index (κ1) is 15.9. The first-order valence-electron chi connectivity index (χ1n) is 7.61. The lowest BCUT2D eigenvalue weighted by molar-refractivity contribution is 0.0620. The van der Waals surface area contributed by atoms with Gasteiger partial charge in [0, 0.05) is 25.2 Å². The summed E-state index contributed by atoms with van der Waals surface area (Å²) >= 11 is 0. The monoisotopic (exact) mass is 255 g/mol. The van der Waals surface area contributed by atoms with Crippen LogP contribution >= 0.6 is 0 Å². The lowest BCUT2D eigenvalue weighted by atomic mass is 9.76. The van der Waals surface area contributed by atoms with Gasteiger partial charge in [0.15, 0.2) is 0 Å². The molecule has 1 aliphatic carbocycles. The van der Waals surface area contributed by atoms with E-state index in [0.29, 0.717) is 0 Å². The Morgan fingerprint density at radius 3 is 2.22 bits per heavy atom. The van der Waals surface area contributed by atoms with Gasteiger partial charge in [-0.2, -0.15) is 0 Å². The summed E-state index contributed by atoms with van der Waals surface area (Å²) in [6.07, 6.45) is 6.77. The molecule has 1 aliphatic rings. The number of rotatable bonds is 9. The SMILES string of the molecule is CCCN(CCN(C)C)C(C)(CN)CC1CCC1. The van der Waals surface area contributed by atoms with E-state index in [1.165, 1.54) is 38.6 Å². The predicted molar refractivity (Wildman–Crippen MR) is 79.8 cm³/mol. The molecule has 0 aromatic carbocycles. The third kappa shape index (κ3) is 4.52. The van der Waals surface area contributed by atoms with E-state index in [4.69, 9.17) is 5.73 Å². The van der Waals surface area contributed by atoms with E-state index in [1.807, 2.05) is 0 Å². The van der Waals surface area contributed by atoms with E-state index in [9.17, 15) is 0 Å². The molecule has 0 bridgehead atoms. The molecule has 108 valence electrons. The molecule has 0 aliphatic heterocycles. The third-order valence-corrected chi connectivity index (χ3v) is 4.47. The molecule has 2 N–H and O–H groups in total. The Kier molecular flexibility index (Phi) is 6.61. The molecule has 1 unspecified atom stereocenters. The van der Waals surface area contributed by atoms with Gasteiger partial charge in [-0.15, -0.1) is 0 Å². The summed E-state index contributed by atoms with van der Waals surface area (Å²) in [5.41, 5.74) is 6.32. The zero-order chi connectivity index (χ0) is 13.6. The van der Waals surface area contributed by atoms with Crippen LogP contribution in [0.1, 0.15) is 46.0 Å². The van der Waals surface area contributed by atoms with Crippen molar-refractivity contribution in [1.29, 1.82) is 0 Å². The summed E-state index contributed by atoms with van der Waals surface area (Å²) in [5.74, 6) is 0.928. The Morgan fingerprint density at radius 2 is 1.83 bits per heavy atom. The average molecular weight is 255 g/mol. The smallest absolute Gasteiger partial charge is 0.0306 e. The molecule has 0 spiro atoms. The molecule has 1 rings (SSSR count). The summed E-state index contributed by atoms with van der Waals surface area (Å²) in [7, 11) is 4.30. The van der Waals surface area contributed by atoms with Gasteiger partial charge in [0.25, 0.3) is 0 Å². The summed E-state index contributed by atoms with van der Waals surface area (Å²) < 4.78 is 0. The van der Waals surface area contributed by atoms with Gasteiger partial charge in [0.2, 0.25) is 0 Å². The van der Waals surface area contributed by atoms with Crippen molar-refractivity contribution < 1.29 is 0 Å². The number of likely N-dealkylation sites (N-methyl/N-ethyl adjacent to an activating group) is 1. The van der Waals surface area contributed by atoms with Gasteiger partial charge >= 0.3 is 0 Å². The molecule has 18 heavy (non-hydrogen) atoms. The van der Waals surface area contributed by atoms with Crippen molar-refractivity contribution in [3.63, 3.8) is 0 Å². The maximum Gasteiger partial charge on any atom is 0.0306 e. The van der Waals surface area contributed by atoms with E-state index in [1.54, 1.807) is 0 Å². The van der Waals surface area contributed by atoms with Crippen molar-refractivity contribution >= 4 is 0 Å². The van der Waals surface area contributed by atoms with Crippen LogP contribution in [0.2, 0.25) is 0 Å². The summed E-state index contributed by atoms with van der Waals surface area (Å²) in [6, 6.07) is 0. The Balaban J connectivity index is 2.57. The van der Waals surface area contributed by atoms with Crippen molar-refractivity contribution in [3.8, 4) is 0 Å². The van der Waals surface area contributed by atoms with Crippen LogP contribution in [0.5, 0.6) is 0 Å². The third-order valence-electron chi connectivity index (χ3n) is 4.47. The fourth-order valence-electron chi connectivity index (χ4n) is 2.90. The first-order chi connectivity index (χ1) is 8.51. The second-order valence-electron chi connectivity index (χ2n) is 6.49. The Hall–Kier alpha value is -0.120. The molecule has 0 aromatic rings. The van der Waals surface area contributed by atoms with Gasteiger partial charge in [-0.1, -0.05) is 26.2 Å². The highest BCUT2D eigenvalue weighted by molar-refractivity contribution is 4.91. The van der Waals surface area contributed by atoms with E-state index >= 15 is 0 Å². The molecular formula is C15H33N3. The minimum Gasteiger partial charge on any atom is -0.329 e. The van der Waals surface area contributed by atoms with Crippen LogP contribution in [0.3, 0.4) is 0 Å². The molecule has 3 nitrogen and oxygen atoms in total. The van der Waals surface area contributed by atoms with E-state index < -0.39 is 0 Å². The van der Waals surface area contributed by atoms with Gasteiger partial charge in [-0.25, -0.2) is 0 Å². The van der Waals surface area contributed by atoms with Crippen LogP contribution in [-0.2, 0) is 0 Å². The van der Waals surface area contributed by atoms with Crippen LogP contribution < -0.4 is 5.73 Å². The zero-order valence-electron chi connectivity index (χ0n) is 12.9. The standard InChI is InChI=1S/C15H33N3/c1-5-9-18(11-10-17(3)4)15(2,13-16)12-14-7-6-8-14/h14H,5-13,16H2,1-4H3. The topological polar surface area (TPSA) is 32.5 Å². The maximum atomic E-state index is 6.12. The van der Waals surface area contributed by atoms with Crippen LogP contribution in [0.4, 0.5) is 0 Å². The molecular weight excluding hydrogens is 222 g/mol. The molecule has 1 atom stereocenters. The molecule has 0 aromatic heterocycles. The predicted octanol–water partition coefficient (Wildman–Crippen LogP) is 2.17. The van der Waals surface area contributed by atoms with Crippen LogP contribution in [0.25, 0.3) is 0 Å². The molecule has 0 heterocycles. The first-order valence-corrected chi connectivity index (χ1v) is 7.61. The molecule has 1 saturated carbocycles. The second-order valence-corrected chi connectivity index (χ2v) is 6.49. The normalized spacial score (nSPS) is 20.2. The van der Waals surface area contributed by atoms with Crippen molar-refractivity contribution in [1.82, 2.24) is 9.80 Å². The number of hydrogen-bond donors (Lipinski definition) is 1. The Bertz CT molecular complexity index is 226. The lowest BCUT2D eigenvalue weighted by Gasteiger charge is -2.45. The lowest BCUT2D eigenvalue weighted by Crippen LogP contribution is -2.55. The quantitative estimate of drug-likeness (QED) is 0.685. The van der Waals surface area contributed by atoms with Gasteiger partial charge in [-0.05, 0) is 46.3 Å². The molecule has 0 saturated heterocycles. The number of nitrogens with zero attached hydrogens (tertiary/aromatic N) is 2. The van der Waals surface area contributed by atoms with E-state index in [2.05, 4.69) is 37.7 Å². The fraction of sp³-hybridized carbons (Fsp3) is 1.00. The summed E-state index contributed by atoms with van der Waals surface area (Å²) in [4.78, 5) is 4.90. The number of nitrogens with two attached hydrogens (primary N) is 1. The molecule has 1 fully saturated rings. The Morgan fingerprint density at radius 1 is 1.17 bits per heavy atom. The number of hydrogen-bond acceptors (Lipinski definition) is 3. The van der Waals surface area contributed by atoms with Crippen LogP contribution in [-0.4, -0.2) is 55.6 Å². The molecule has 3 heteroatoms. The minimum absolute atomic E-state index is 0.205. The van der Waals surface area contributed by atoms with Crippen molar-refractivity contribution in [3.05, 3.63) is 0 Å². The average Bonchev–Trinajstić information content (AvgIpc) is 2.28. The Labute approximate surface area is 114 Å². The van der Waals surface area contributed by atoms with Gasteiger partial charge < -0.3 is 10.6 Å². The van der Waals surface area contributed by atoms with Crippen LogP contribution in [0, 0.1) is 5.92 Å². The van der Waals surface area contributed by atoms with Gasteiger partial charge in [0.1, 0.15) is 0 Å². The molecule has 0 radical (unpaired) electrons. The van der Waals surface area contributed by atoms with E-state index in [0.717, 1.165) is 25.6 Å². The highest BCUT2D eigenvalue weighted by Gasteiger charge is 2.34. The minimum atomic E-state index is 0.205. The summed E-state index contributed by atoms with van der Waals surface area (Å²) in [5, 5.41) is 0.